The van der Waals surface area contributed by atoms with Gasteiger partial charge in [-0.2, -0.15) is 0 Å². The Kier molecular flexibility index (Phi) is 3.60. The van der Waals surface area contributed by atoms with E-state index in [0.717, 1.165) is 48.0 Å². The number of hydrogen-bond acceptors (Lipinski definition) is 2. The Morgan fingerprint density at radius 1 is 1.08 bits per heavy atom. The Labute approximate surface area is 139 Å². The molecular weight excluding hydrogens is 305 g/mol. The van der Waals surface area contributed by atoms with Crippen molar-refractivity contribution in [1.82, 2.24) is 4.57 Å². The number of pyridine rings is 1. The van der Waals surface area contributed by atoms with Crippen LogP contribution in [0.25, 0.3) is 21.9 Å². The lowest BCUT2D eigenvalue weighted by molar-refractivity contribution is 0.415. The van der Waals surface area contributed by atoms with Gasteiger partial charge < -0.3 is 9.30 Å². The Balaban J connectivity index is 2.16. The number of nitrogens with zero attached hydrogens (tertiary/aromatic N) is 1. The van der Waals surface area contributed by atoms with Crippen molar-refractivity contribution >= 4 is 10.8 Å². The zero-order valence-corrected chi connectivity index (χ0v) is 13.5. The first-order valence-corrected chi connectivity index (χ1v) is 8.18. The van der Waals surface area contributed by atoms with Crippen molar-refractivity contribution < 1.29 is 9.13 Å². The van der Waals surface area contributed by atoms with Gasteiger partial charge in [0, 0.05) is 28.6 Å². The molecule has 4 heteroatoms. The van der Waals surface area contributed by atoms with Crippen LogP contribution in [0.15, 0.2) is 47.3 Å². The van der Waals surface area contributed by atoms with Gasteiger partial charge in [0.15, 0.2) is 0 Å². The van der Waals surface area contributed by atoms with E-state index in [2.05, 4.69) is 0 Å². The van der Waals surface area contributed by atoms with Crippen LogP contribution in [0.3, 0.4) is 0 Å². The van der Waals surface area contributed by atoms with Gasteiger partial charge in [-0.3, -0.25) is 4.79 Å². The van der Waals surface area contributed by atoms with Crippen molar-refractivity contribution in [2.45, 2.75) is 25.8 Å². The number of methoxy groups -OCH3 is 1. The highest BCUT2D eigenvalue weighted by Gasteiger charge is 2.21. The average molecular weight is 323 g/mol. The second-order valence-corrected chi connectivity index (χ2v) is 6.16. The fourth-order valence-electron chi connectivity index (χ4n) is 3.63. The first-order chi connectivity index (χ1) is 11.7. The molecule has 1 aliphatic heterocycles. The molecule has 0 amide bonds. The fourth-order valence-corrected chi connectivity index (χ4v) is 3.63. The molecule has 24 heavy (non-hydrogen) atoms. The number of aromatic nitrogens is 1. The van der Waals surface area contributed by atoms with Gasteiger partial charge in [0.25, 0.3) is 5.56 Å². The third kappa shape index (κ3) is 2.30. The largest absolute Gasteiger partial charge is 0.497 e. The summed E-state index contributed by atoms with van der Waals surface area (Å²) >= 11 is 0. The molecule has 3 aromatic rings. The van der Waals surface area contributed by atoms with Crippen LogP contribution in [0, 0.1) is 5.82 Å². The Morgan fingerprint density at radius 2 is 1.96 bits per heavy atom. The van der Waals surface area contributed by atoms with Gasteiger partial charge in [-0.05, 0) is 55.2 Å². The zero-order chi connectivity index (χ0) is 16.7. The summed E-state index contributed by atoms with van der Waals surface area (Å²) in [6.07, 6.45) is 2.86. The van der Waals surface area contributed by atoms with Crippen LogP contribution in [0.5, 0.6) is 5.75 Å². The minimum Gasteiger partial charge on any atom is -0.497 e. The number of hydrogen-bond donors (Lipinski definition) is 0. The van der Waals surface area contributed by atoms with Crippen LogP contribution in [0.1, 0.15) is 18.5 Å². The lowest BCUT2D eigenvalue weighted by Gasteiger charge is -2.24. The molecule has 0 N–H and O–H groups in total. The highest BCUT2D eigenvalue weighted by atomic mass is 19.1. The van der Waals surface area contributed by atoms with Crippen molar-refractivity contribution in [2.24, 2.45) is 0 Å². The highest BCUT2D eigenvalue weighted by Crippen LogP contribution is 2.35. The normalized spacial score (nSPS) is 13.8. The maximum absolute atomic E-state index is 13.8. The van der Waals surface area contributed by atoms with E-state index in [4.69, 9.17) is 4.74 Å². The zero-order valence-electron chi connectivity index (χ0n) is 13.5. The SMILES string of the molecule is COc1ccc2c(=O)n3c(c(-c4cccc(F)c4)c2c1)CCCC3. The molecule has 4 rings (SSSR count). The maximum Gasteiger partial charge on any atom is 0.258 e. The van der Waals surface area contributed by atoms with Gasteiger partial charge in [0.1, 0.15) is 11.6 Å². The van der Waals surface area contributed by atoms with Crippen molar-refractivity contribution in [3.8, 4) is 16.9 Å². The average Bonchev–Trinajstić information content (AvgIpc) is 2.61. The van der Waals surface area contributed by atoms with Crippen molar-refractivity contribution in [2.75, 3.05) is 7.11 Å². The summed E-state index contributed by atoms with van der Waals surface area (Å²) < 4.78 is 21.0. The van der Waals surface area contributed by atoms with E-state index in [0.29, 0.717) is 11.1 Å². The van der Waals surface area contributed by atoms with E-state index >= 15 is 0 Å². The standard InChI is InChI=1S/C20H18FNO2/c1-24-15-8-9-16-17(12-15)19(13-5-4-6-14(21)11-13)18-7-2-3-10-22(18)20(16)23/h4-6,8-9,11-12H,2-3,7,10H2,1H3. The van der Waals surface area contributed by atoms with Crippen LogP contribution in [0.2, 0.25) is 0 Å². The van der Waals surface area contributed by atoms with Crippen molar-refractivity contribution in [3.05, 3.63) is 64.3 Å². The van der Waals surface area contributed by atoms with Gasteiger partial charge in [-0.15, -0.1) is 0 Å². The van der Waals surface area contributed by atoms with Crippen molar-refractivity contribution in [3.63, 3.8) is 0 Å². The second-order valence-electron chi connectivity index (χ2n) is 6.16. The third-order valence-electron chi connectivity index (χ3n) is 4.74. The lowest BCUT2D eigenvalue weighted by Crippen LogP contribution is -2.27. The summed E-state index contributed by atoms with van der Waals surface area (Å²) in [5.41, 5.74) is 2.78. The Hall–Kier alpha value is -2.62. The van der Waals surface area contributed by atoms with Gasteiger partial charge in [-0.1, -0.05) is 12.1 Å². The van der Waals surface area contributed by atoms with E-state index in [1.165, 1.54) is 12.1 Å². The fraction of sp³-hybridized carbons (Fsp3) is 0.250. The van der Waals surface area contributed by atoms with Gasteiger partial charge in [-0.25, -0.2) is 4.39 Å². The van der Waals surface area contributed by atoms with Crippen LogP contribution in [-0.4, -0.2) is 11.7 Å². The summed E-state index contributed by atoms with van der Waals surface area (Å²) in [5.74, 6) is 0.421. The monoisotopic (exact) mass is 323 g/mol. The van der Waals surface area contributed by atoms with Gasteiger partial charge in [0.2, 0.25) is 0 Å². The minimum atomic E-state index is -0.274. The molecule has 0 saturated carbocycles. The lowest BCUT2D eigenvalue weighted by atomic mass is 9.92. The second kappa shape index (κ2) is 5.78. The number of ether oxygens (including phenoxy) is 1. The highest BCUT2D eigenvalue weighted by molar-refractivity contribution is 5.98. The molecule has 0 fully saturated rings. The summed E-state index contributed by atoms with van der Waals surface area (Å²) in [6, 6.07) is 12.1. The van der Waals surface area contributed by atoms with Crippen LogP contribution in [0.4, 0.5) is 4.39 Å². The molecule has 0 aliphatic carbocycles. The maximum atomic E-state index is 13.8. The molecule has 0 spiro atoms. The topological polar surface area (TPSA) is 31.2 Å². The smallest absolute Gasteiger partial charge is 0.258 e. The summed E-state index contributed by atoms with van der Waals surface area (Å²) in [5, 5.41) is 1.49. The summed E-state index contributed by atoms with van der Waals surface area (Å²) in [4.78, 5) is 12.9. The Bertz CT molecular complexity index is 991. The molecule has 2 heterocycles. The molecule has 0 saturated heterocycles. The number of benzene rings is 2. The predicted octanol–water partition coefficient (Wildman–Crippen LogP) is 4.15. The molecular formula is C20H18FNO2. The summed E-state index contributed by atoms with van der Waals surface area (Å²) in [7, 11) is 1.61. The molecule has 0 bridgehead atoms. The predicted molar refractivity (Wildman–Crippen MR) is 93.1 cm³/mol. The quantitative estimate of drug-likeness (QED) is 0.709. The van der Waals surface area contributed by atoms with Crippen LogP contribution in [-0.2, 0) is 13.0 Å². The molecule has 3 nitrogen and oxygen atoms in total. The molecule has 0 radical (unpaired) electrons. The van der Waals surface area contributed by atoms with E-state index in [9.17, 15) is 9.18 Å². The van der Waals surface area contributed by atoms with Crippen molar-refractivity contribution in [1.29, 1.82) is 0 Å². The third-order valence-corrected chi connectivity index (χ3v) is 4.74. The van der Waals surface area contributed by atoms with Gasteiger partial charge >= 0.3 is 0 Å². The Morgan fingerprint density at radius 3 is 2.75 bits per heavy atom. The van der Waals surface area contributed by atoms with E-state index in [1.807, 2.05) is 16.7 Å². The summed E-state index contributed by atoms with van der Waals surface area (Å²) in [6.45, 7) is 0.721. The van der Waals surface area contributed by atoms with E-state index in [-0.39, 0.29) is 11.4 Å². The molecule has 1 aliphatic rings. The van der Waals surface area contributed by atoms with E-state index in [1.54, 1.807) is 25.3 Å². The van der Waals surface area contributed by atoms with Gasteiger partial charge in [0.05, 0.1) is 7.11 Å². The minimum absolute atomic E-state index is 0.0301. The molecule has 122 valence electrons. The number of rotatable bonds is 2. The first kappa shape index (κ1) is 14.9. The first-order valence-electron chi connectivity index (χ1n) is 8.18. The molecule has 0 atom stereocenters. The number of halogens is 1. The molecule has 0 unspecified atom stereocenters. The van der Waals surface area contributed by atoms with Crippen LogP contribution < -0.4 is 10.3 Å². The van der Waals surface area contributed by atoms with Crippen LogP contribution >= 0.6 is 0 Å². The number of fused-ring (bicyclic) bond motifs is 2. The molecule has 1 aromatic heterocycles. The van der Waals surface area contributed by atoms with E-state index < -0.39 is 0 Å². The molecule has 2 aromatic carbocycles.